The van der Waals surface area contributed by atoms with Crippen molar-refractivity contribution in [2.45, 2.75) is 12.8 Å². The van der Waals surface area contributed by atoms with Crippen molar-refractivity contribution in [3.05, 3.63) is 34.5 Å². The van der Waals surface area contributed by atoms with Crippen molar-refractivity contribution < 1.29 is 14.3 Å². The van der Waals surface area contributed by atoms with Crippen LogP contribution in [0.1, 0.15) is 12.0 Å². The minimum atomic E-state index is -0.792. The molecule has 0 spiro atoms. The fourth-order valence-corrected chi connectivity index (χ4v) is 1.97. The number of furan rings is 1. The summed E-state index contributed by atoms with van der Waals surface area (Å²) in [6.07, 6.45) is 2.25. The van der Waals surface area contributed by atoms with Crippen LogP contribution in [-0.4, -0.2) is 11.1 Å². The largest absolute Gasteiger partial charge is 0.481 e. The lowest BCUT2D eigenvalue weighted by atomic mass is 10.1. The average molecular weight is 269 g/mol. The second-order valence-corrected chi connectivity index (χ2v) is 4.13. The maximum atomic E-state index is 10.5. The number of carboxylic acid groups (broad SMARTS) is 1. The summed E-state index contributed by atoms with van der Waals surface area (Å²) in [5.74, 6) is -0.792. The molecule has 4 heteroatoms. The standard InChI is InChI=1S/C11H9BrO3/c12-9-3-1-2-8-7(4-5-10(13)14)6-15-11(8)9/h1-3,6H,4-5H2,(H,13,14). The molecule has 1 N–H and O–H groups in total. The Kier molecular flexibility index (Phi) is 2.77. The Hall–Kier alpha value is -1.29. The first-order valence-corrected chi connectivity index (χ1v) is 5.34. The predicted octanol–water partition coefficient (Wildman–Crippen LogP) is 3.21. The van der Waals surface area contributed by atoms with Gasteiger partial charge in [0.05, 0.1) is 10.7 Å². The Bertz CT molecular complexity index is 502. The summed E-state index contributed by atoms with van der Waals surface area (Å²) in [6.45, 7) is 0. The number of rotatable bonds is 3. The second kappa shape index (κ2) is 4.06. The number of benzene rings is 1. The lowest BCUT2D eigenvalue weighted by molar-refractivity contribution is -0.136. The van der Waals surface area contributed by atoms with Gasteiger partial charge in [-0.05, 0) is 34.0 Å². The topological polar surface area (TPSA) is 50.4 Å². The van der Waals surface area contributed by atoms with Gasteiger partial charge in [0, 0.05) is 11.8 Å². The molecule has 0 bridgehead atoms. The van der Waals surface area contributed by atoms with Crippen molar-refractivity contribution in [3.63, 3.8) is 0 Å². The van der Waals surface area contributed by atoms with Gasteiger partial charge < -0.3 is 9.52 Å². The number of para-hydroxylation sites is 1. The van der Waals surface area contributed by atoms with E-state index in [0.717, 1.165) is 21.0 Å². The van der Waals surface area contributed by atoms with Crippen LogP contribution in [0.25, 0.3) is 11.0 Å². The summed E-state index contributed by atoms with van der Waals surface area (Å²) >= 11 is 3.38. The maximum absolute atomic E-state index is 10.5. The molecule has 1 aromatic carbocycles. The summed E-state index contributed by atoms with van der Waals surface area (Å²) in [4.78, 5) is 10.5. The van der Waals surface area contributed by atoms with Gasteiger partial charge >= 0.3 is 5.97 Å². The predicted molar refractivity (Wildman–Crippen MR) is 59.9 cm³/mol. The van der Waals surface area contributed by atoms with Gasteiger partial charge in [0.15, 0.2) is 0 Å². The lowest BCUT2D eigenvalue weighted by Gasteiger charge is -1.95. The third kappa shape index (κ3) is 2.04. The van der Waals surface area contributed by atoms with E-state index in [4.69, 9.17) is 9.52 Å². The molecule has 2 rings (SSSR count). The SMILES string of the molecule is O=C(O)CCc1coc2c(Br)cccc12. The van der Waals surface area contributed by atoms with Crippen LogP contribution in [0.4, 0.5) is 0 Å². The third-order valence-corrected chi connectivity index (χ3v) is 2.86. The van der Waals surface area contributed by atoms with Gasteiger partial charge in [-0.2, -0.15) is 0 Å². The molecule has 0 aliphatic carbocycles. The summed E-state index contributed by atoms with van der Waals surface area (Å²) in [5, 5.41) is 9.58. The fourth-order valence-electron chi connectivity index (χ4n) is 1.51. The summed E-state index contributed by atoms with van der Waals surface area (Å²) in [7, 11) is 0. The first kappa shape index (κ1) is 10.2. The molecule has 0 saturated carbocycles. The van der Waals surface area contributed by atoms with Gasteiger partial charge in [0.2, 0.25) is 0 Å². The number of aryl methyl sites for hydroxylation is 1. The summed E-state index contributed by atoms with van der Waals surface area (Å²) < 4.78 is 6.26. The van der Waals surface area contributed by atoms with Crippen molar-refractivity contribution in [2.75, 3.05) is 0 Å². The molecule has 2 aromatic rings. The Morgan fingerprint density at radius 1 is 1.47 bits per heavy atom. The van der Waals surface area contributed by atoms with E-state index < -0.39 is 5.97 Å². The van der Waals surface area contributed by atoms with Crippen molar-refractivity contribution in [2.24, 2.45) is 0 Å². The zero-order valence-corrected chi connectivity index (χ0v) is 9.45. The van der Waals surface area contributed by atoms with E-state index in [-0.39, 0.29) is 6.42 Å². The average Bonchev–Trinajstić information content (AvgIpc) is 2.59. The van der Waals surface area contributed by atoms with Crippen LogP contribution < -0.4 is 0 Å². The number of fused-ring (bicyclic) bond motifs is 1. The van der Waals surface area contributed by atoms with Crippen molar-refractivity contribution in [3.8, 4) is 0 Å². The third-order valence-electron chi connectivity index (χ3n) is 2.24. The minimum absolute atomic E-state index is 0.126. The summed E-state index contributed by atoms with van der Waals surface area (Å²) in [6, 6.07) is 5.74. The Morgan fingerprint density at radius 3 is 3.00 bits per heavy atom. The molecule has 0 saturated heterocycles. The molecule has 0 amide bonds. The van der Waals surface area contributed by atoms with Gasteiger partial charge in [-0.1, -0.05) is 12.1 Å². The zero-order chi connectivity index (χ0) is 10.8. The number of carboxylic acids is 1. The molecule has 0 aliphatic rings. The van der Waals surface area contributed by atoms with Gasteiger partial charge in [-0.3, -0.25) is 4.79 Å². The number of halogens is 1. The van der Waals surface area contributed by atoms with Gasteiger partial charge in [-0.25, -0.2) is 0 Å². The highest BCUT2D eigenvalue weighted by Gasteiger charge is 2.09. The van der Waals surface area contributed by atoms with Crippen LogP contribution in [0.5, 0.6) is 0 Å². The molecular weight excluding hydrogens is 260 g/mol. The molecule has 78 valence electrons. The van der Waals surface area contributed by atoms with Crippen LogP contribution in [0.2, 0.25) is 0 Å². The van der Waals surface area contributed by atoms with Crippen LogP contribution in [0.15, 0.2) is 33.4 Å². The molecule has 15 heavy (non-hydrogen) atoms. The maximum Gasteiger partial charge on any atom is 0.303 e. The Balaban J connectivity index is 2.37. The molecule has 0 unspecified atom stereocenters. The van der Waals surface area contributed by atoms with Gasteiger partial charge in [0.25, 0.3) is 0 Å². The number of carbonyl (C=O) groups is 1. The monoisotopic (exact) mass is 268 g/mol. The van der Waals surface area contributed by atoms with E-state index >= 15 is 0 Å². The molecule has 0 radical (unpaired) electrons. The molecule has 0 aliphatic heterocycles. The van der Waals surface area contributed by atoms with Gasteiger partial charge in [0.1, 0.15) is 5.58 Å². The molecular formula is C11H9BrO3. The molecule has 0 fully saturated rings. The van der Waals surface area contributed by atoms with Crippen molar-refractivity contribution in [1.82, 2.24) is 0 Å². The molecule has 3 nitrogen and oxygen atoms in total. The van der Waals surface area contributed by atoms with E-state index in [0.29, 0.717) is 6.42 Å². The highest BCUT2D eigenvalue weighted by Crippen LogP contribution is 2.28. The van der Waals surface area contributed by atoms with E-state index in [1.807, 2.05) is 18.2 Å². The first-order chi connectivity index (χ1) is 7.18. The second-order valence-electron chi connectivity index (χ2n) is 3.27. The van der Waals surface area contributed by atoms with Crippen molar-refractivity contribution in [1.29, 1.82) is 0 Å². The number of hydrogen-bond donors (Lipinski definition) is 1. The highest BCUT2D eigenvalue weighted by atomic mass is 79.9. The normalized spacial score (nSPS) is 10.7. The van der Waals surface area contributed by atoms with E-state index in [9.17, 15) is 4.79 Å². The van der Waals surface area contributed by atoms with Crippen LogP contribution in [-0.2, 0) is 11.2 Å². The van der Waals surface area contributed by atoms with Gasteiger partial charge in [-0.15, -0.1) is 0 Å². The quantitative estimate of drug-likeness (QED) is 0.930. The molecule has 1 heterocycles. The fraction of sp³-hybridized carbons (Fsp3) is 0.182. The number of hydrogen-bond acceptors (Lipinski definition) is 2. The van der Waals surface area contributed by atoms with E-state index in [1.54, 1.807) is 6.26 Å². The highest BCUT2D eigenvalue weighted by molar-refractivity contribution is 9.10. The zero-order valence-electron chi connectivity index (χ0n) is 7.87. The molecule has 1 aromatic heterocycles. The smallest absolute Gasteiger partial charge is 0.303 e. The van der Waals surface area contributed by atoms with E-state index in [2.05, 4.69) is 15.9 Å². The lowest BCUT2D eigenvalue weighted by Crippen LogP contribution is -1.96. The van der Waals surface area contributed by atoms with Crippen molar-refractivity contribution >= 4 is 32.9 Å². The van der Waals surface area contributed by atoms with E-state index in [1.165, 1.54) is 0 Å². The first-order valence-electron chi connectivity index (χ1n) is 4.55. The van der Waals surface area contributed by atoms with Crippen LogP contribution >= 0.6 is 15.9 Å². The number of aliphatic carboxylic acids is 1. The Morgan fingerprint density at radius 2 is 2.27 bits per heavy atom. The van der Waals surface area contributed by atoms with Crippen LogP contribution in [0.3, 0.4) is 0 Å². The van der Waals surface area contributed by atoms with Crippen LogP contribution in [0, 0.1) is 0 Å². The minimum Gasteiger partial charge on any atom is -0.481 e. The Labute approximate surface area is 94.8 Å². The molecule has 0 atom stereocenters. The summed E-state index contributed by atoms with van der Waals surface area (Å²) in [5.41, 5.74) is 1.71.